The van der Waals surface area contributed by atoms with Crippen LogP contribution in [-0.4, -0.2) is 34.1 Å². The Bertz CT molecular complexity index is 340. The molecular weight excluding hydrogens is 202 g/mol. The fourth-order valence-electron chi connectivity index (χ4n) is 2.17. The minimum atomic E-state index is 0.287. The number of hydrogen-bond acceptors (Lipinski definition) is 3. The van der Waals surface area contributed by atoms with Crippen LogP contribution in [0.3, 0.4) is 0 Å². The first-order valence-corrected chi connectivity index (χ1v) is 6.00. The molecule has 0 spiro atoms. The summed E-state index contributed by atoms with van der Waals surface area (Å²) in [5.41, 5.74) is 1.27. The normalized spacial score (nSPS) is 18.8. The molecule has 0 bridgehead atoms. The van der Waals surface area contributed by atoms with Crippen molar-refractivity contribution in [2.45, 2.75) is 32.9 Å². The molecule has 0 aromatic carbocycles. The van der Waals surface area contributed by atoms with E-state index in [9.17, 15) is 4.79 Å². The lowest BCUT2D eigenvalue weighted by atomic mass is 9.98. The number of rotatable bonds is 4. The predicted octanol–water partition coefficient (Wildman–Crippen LogP) is 1.31. The maximum atomic E-state index is 10.6. The van der Waals surface area contributed by atoms with Crippen molar-refractivity contribution in [2.24, 2.45) is 5.92 Å². The van der Waals surface area contributed by atoms with Crippen LogP contribution in [-0.2, 0) is 17.9 Å². The van der Waals surface area contributed by atoms with E-state index in [1.807, 2.05) is 10.9 Å². The van der Waals surface area contributed by atoms with E-state index < -0.39 is 0 Å². The molecule has 0 aliphatic carbocycles. The second-order valence-electron chi connectivity index (χ2n) is 4.45. The summed E-state index contributed by atoms with van der Waals surface area (Å²) in [6.07, 6.45) is 7.16. The highest BCUT2D eigenvalue weighted by atomic mass is 16.1. The maximum Gasteiger partial charge on any atom is 0.123 e. The van der Waals surface area contributed by atoms with Crippen LogP contribution < -0.4 is 0 Å². The number of carbonyl (C=O) groups excluding carboxylic acids is 1. The molecule has 0 amide bonds. The van der Waals surface area contributed by atoms with Crippen molar-refractivity contribution >= 4 is 6.29 Å². The maximum absolute atomic E-state index is 10.6. The molecule has 4 nitrogen and oxygen atoms in total. The summed E-state index contributed by atoms with van der Waals surface area (Å²) < 4.78 is 1.95. The highest BCUT2D eigenvalue weighted by Crippen LogP contribution is 2.16. The monoisotopic (exact) mass is 221 g/mol. The van der Waals surface area contributed by atoms with Gasteiger partial charge in [-0.3, -0.25) is 9.58 Å². The molecule has 1 aliphatic heterocycles. The van der Waals surface area contributed by atoms with Crippen LogP contribution in [0.5, 0.6) is 0 Å². The Morgan fingerprint density at radius 2 is 2.25 bits per heavy atom. The minimum absolute atomic E-state index is 0.287. The molecule has 2 rings (SSSR count). The Balaban J connectivity index is 1.84. The van der Waals surface area contributed by atoms with Crippen molar-refractivity contribution in [3.63, 3.8) is 0 Å². The van der Waals surface area contributed by atoms with Crippen molar-refractivity contribution in [3.8, 4) is 0 Å². The van der Waals surface area contributed by atoms with E-state index in [4.69, 9.17) is 0 Å². The van der Waals surface area contributed by atoms with E-state index in [2.05, 4.69) is 23.1 Å². The molecule has 1 fully saturated rings. The van der Waals surface area contributed by atoms with Crippen LogP contribution >= 0.6 is 0 Å². The Labute approximate surface area is 96.2 Å². The molecule has 0 unspecified atom stereocenters. The van der Waals surface area contributed by atoms with Crippen molar-refractivity contribution in [1.29, 1.82) is 0 Å². The zero-order chi connectivity index (χ0) is 11.4. The van der Waals surface area contributed by atoms with Crippen LogP contribution in [0.25, 0.3) is 0 Å². The predicted molar refractivity (Wildman–Crippen MR) is 62.0 cm³/mol. The fraction of sp³-hybridized carbons (Fsp3) is 0.667. The molecule has 88 valence electrons. The van der Waals surface area contributed by atoms with Crippen molar-refractivity contribution in [2.75, 3.05) is 13.1 Å². The number of aromatic nitrogens is 2. The lowest BCUT2D eigenvalue weighted by molar-refractivity contribution is -0.112. The highest BCUT2D eigenvalue weighted by molar-refractivity contribution is 5.53. The summed E-state index contributed by atoms with van der Waals surface area (Å²) in [6.45, 7) is 6.03. The first kappa shape index (κ1) is 11.3. The zero-order valence-corrected chi connectivity index (χ0v) is 9.80. The molecule has 16 heavy (non-hydrogen) atoms. The van der Waals surface area contributed by atoms with Crippen molar-refractivity contribution < 1.29 is 4.79 Å². The average molecular weight is 221 g/mol. The van der Waals surface area contributed by atoms with Gasteiger partial charge in [-0.05, 0) is 32.9 Å². The summed E-state index contributed by atoms with van der Waals surface area (Å²) in [5.74, 6) is 0.287. The van der Waals surface area contributed by atoms with Gasteiger partial charge >= 0.3 is 0 Å². The lowest BCUT2D eigenvalue weighted by Gasteiger charge is -2.28. The summed E-state index contributed by atoms with van der Waals surface area (Å²) in [4.78, 5) is 13.0. The van der Waals surface area contributed by atoms with Gasteiger partial charge in [-0.1, -0.05) is 0 Å². The highest BCUT2D eigenvalue weighted by Gasteiger charge is 2.18. The van der Waals surface area contributed by atoms with E-state index in [1.54, 1.807) is 0 Å². The quantitative estimate of drug-likeness (QED) is 0.720. The average Bonchev–Trinajstić information content (AvgIpc) is 2.78. The van der Waals surface area contributed by atoms with Gasteiger partial charge in [0.05, 0.1) is 6.20 Å². The third-order valence-electron chi connectivity index (χ3n) is 3.24. The molecule has 0 radical (unpaired) electrons. The van der Waals surface area contributed by atoms with E-state index in [0.717, 1.165) is 45.3 Å². The van der Waals surface area contributed by atoms with Crippen LogP contribution in [0.15, 0.2) is 12.4 Å². The largest absolute Gasteiger partial charge is 0.303 e. The number of likely N-dealkylation sites (tertiary alicyclic amines) is 1. The van der Waals surface area contributed by atoms with Crippen LogP contribution in [0.1, 0.15) is 25.3 Å². The number of piperidine rings is 1. The fourth-order valence-corrected chi connectivity index (χ4v) is 2.17. The number of nitrogens with zero attached hydrogens (tertiary/aromatic N) is 3. The molecule has 0 saturated carbocycles. The molecule has 1 aromatic heterocycles. The molecular formula is C12H19N3O. The molecule has 1 saturated heterocycles. The summed E-state index contributed by atoms with van der Waals surface area (Å²) in [7, 11) is 0. The Hall–Kier alpha value is -1.16. The number of aryl methyl sites for hydroxylation is 1. The number of aldehydes is 1. The van der Waals surface area contributed by atoms with E-state index in [-0.39, 0.29) is 5.92 Å². The van der Waals surface area contributed by atoms with E-state index >= 15 is 0 Å². The molecule has 0 N–H and O–H groups in total. The summed E-state index contributed by atoms with van der Waals surface area (Å²) in [5, 5.41) is 4.27. The first-order chi connectivity index (χ1) is 7.81. The van der Waals surface area contributed by atoms with Gasteiger partial charge in [0.2, 0.25) is 0 Å². The van der Waals surface area contributed by atoms with Gasteiger partial charge in [0.25, 0.3) is 0 Å². The van der Waals surface area contributed by atoms with Crippen LogP contribution in [0.4, 0.5) is 0 Å². The van der Waals surface area contributed by atoms with Crippen molar-refractivity contribution in [3.05, 3.63) is 18.0 Å². The molecule has 1 aromatic rings. The SMILES string of the molecule is CCn1cc(CN2CCC(C=O)CC2)cn1. The number of carbonyl (C=O) groups is 1. The van der Waals surface area contributed by atoms with Gasteiger partial charge < -0.3 is 4.79 Å². The summed E-state index contributed by atoms with van der Waals surface area (Å²) in [6, 6.07) is 0. The molecule has 4 heteroatoms. The first-order valence-electron chi connectivity index (χ1n) is 6.00. The van der Waals surface area contributed by atoms with Crippen molar-refractivity contribution in [1.82, 2.24) is 14.7 Å². The van der Waals surface area contributed by atoms with Crippen LogP contribution in [0.2, 0.25) is 0 Å². The minimum Gasteiger partial charge on any atom is -0.303 e. The number of hydrogen-bond donors (Lipinski definition) is 0. The Morgan fingerprint density at radius 1 is 1.50 bits per heavy atom. The van der Waals surface area contributed by atoms with Gasteiger partial charge in [0.1, 0.15) is 6.29 Å². The van der Waals surface area contributed by atoms with E-state index in [1.165, 1.54) is 5.56 Å². The molecule has 2 heterocycles. The van der Waals surface area contributed by atoms with Crippen LogP contribution in [0, 0.1) is 5.92 Å². The topological polar surface area (TPSA) is 38.1 Å². The lowest BCUT2D eigenvalue weighted by Crippen LogP contribution is -2.33. The van der Waals surface area contributed by atoms with Gasteiger partial charge in [-0.2, -0.15) is 5.10 Å². The molecule has 0 atom stereocenters. The van der Waals surface area contributed by atoms with E-state index in [0.29, 0.717) is 0 Å². The molecule has 1 aliphatic rings. The van der Waals surface area contributed by atoms with Gasteiger partial charge in [-0.25, -0.2) is 0 Å². The van der Waals surface area contributed by atoms with Gasteiger partial charge in [0, 0.05) is 30.8 Å². The smallest absolute Gasteiger partial charge is 0.123 e. The third-order valence-corrected chi connectivity index (χ3v) is 3.24. The summed E-state index contributed by atoms with van der Waals surface area (Å²) >= 11 is 0. The second kappa shape index (κ2) is 5.25. The third kappa shape index (κ3) is 2.70. The zero-order valence-electron chi connectivity index (χ0n) is 9.80. The standard InChI is InChI=1S/C12H19N3O/c1-2-15-9-12(7-13-15)8-14-5-3-11(10-16)4-6-14/h7,9-11H,2-6,8H2,1H3. The Morgan fingerprint density at radius 3 is 2.81 bits per heavy atom. The second-order valence-corrected chi connectivity index (χ2v) is 4.45. The van der Waals surface area contributed by atoms with Gasteiger partial charge in [-0.15, -0.1) is 0 Å². The van der Waals surface area contributed by atoms with Gasteiger partial charge in [0.15, 0.2) is 0 Å². The Kier molecular flexibility index (Phi) is 3.72.